The summed E-state index contributed by atoms with van der Waals surface area (Å²) in [6.07, 6.45) is 3.21. The van der Waals surface area contributed by atoms with E-state index in [-0.39, 0.29) is 0 Å². The molecule has 0 saturated heterocycles. The molecule has 3 aromatic rings. The minimum Gasteiger partial charge on any atom is -0.324 e. The molecule has 0 bridgehead atoms. The van der Waals surface area contributed by atoms with Crippen LogP contribution in [0.5, 0.6) is 0 Å². The molecule has 1 N–H and O–H groups in total. The SMILES string of the molecule is Clc1cccc(Nc2nccc(-c3ccnnc3Cl)n2)c1. The average molecular weight is 318 g/mol. The summed E-state index contributed by atoms with van der Waals surface area (Å²) in [7, 11) is 0. The molecule has 2 aromatic heterocycles. The highest BCUT2D eigenvalue weighted by Crippen LogP contribution is 2.24. The molecule has 0 radical (unpaired) electrons. The quantitative estimate of drug-likeness (QED) is 0.791. The first-order valence-electron chi connectivity index (χ1n) is 6.05. The van der Waals surface area contributed by atoms with Crippen LogP contribution in [0.3, 0.4) is 0 Å². The van der Waals surface area contributed by atoms with Gasteiger partial charge in [0.05, 0.1) is 11.9 Å². The van der Waals surface area contributed by atoms with E-state index in [9.17, 15) is 0 Å². The van der Waals surface area contributed by atoms with Crippen molar-refractivity contribution in [2.24, 2.45) is 0 Å². The third kappa shape index (κ3) is 3.26. The molecule has 0 saturated carbocycles. The number of anilines is 2. The van der Waals surface area contributed by atoms with Gasteiger partial charge in [0.1, 0.15) is 0 Å². The van der Waals surface area contributed by atoms with Gasteiger partial charge in [0.25, 0.3) is 0 Å². The van der Waals surface area contributed by atoms with E-state index < -0.39 is 0 Å². The Hall–Kier alpha value is -2.24. The largest absolute Gasteiger partial charge is 0.324 e. The van der Waals surface area contributed by atoms with Gasteiger partial charge in [-0.3, -0.25) is 0 Å². The summed E-state index contributed by atoms with van der Waals surface area (Å²) in [6, 6.07) is 10.8. The van der Waals surface area contributed by atoms with Crippen LogP contribution in [0.1, 0.15) is 0 Å². The number of aromatic nitrogens is 4. The molecule has 0 atom stereocenters. The standard InChI is InChI=1S/C14H9Cl2N5/c15-9-2-1-3-10(8-9)19-14-17-6-5-12(20-14)11-4-7-18-21-13(11)16/h1-8H,(H,17,19,20). The molecule has 5 nitrogen and oxygen atoms in total. The molecule has 21 heavy (non-hydrogen) atoms. The number of nitrogens with zero attached hydrogens (tertiary/aromatic N) is 4. The predicted molar refractivity (Wildman–Crippen MR) is 82.8 cm³/mol. The zero-order valence-electron chi connectivity index (χ0n) is 10.7. The molecule has 0 aliphatic rings. The van der Waals surface area contributed by atoms with E-state index >= 15 is 0 Å². The topological polar surface area (TPSA) is 63.6 Å². The zero-order chi connectivity index (χ0) is 14.7. The van der Waals surface area contributed by atoms with Crippen molar-refractivity contribution in [1.82, 2.24) is 20.2 Å². The van der Waals surface area contributed by atoms with Crippen molar-refractivity contribution in [2.45, 2.75) is 0 Å². The number of hydrogen-bond donors (Lipinski definition) is 1. The number of halogens is 2. The fourth-order valence-corrected chi connectivity index (χ4v) is 2.16. The molecule has 7 heteroatoms. The van der Waals surface area contributed by atoms with Gasteiger partial charge in [0, 0.05) is 22.5 Å². The first-order valence-corrected chi connectivity index (χ1v) is 6.81. The maximum absolute atomic E-state index is 6.02. The molecular weight excluding hydrogens is 309 g/mol. The van der Waals surface area contributed by atoms with E-state index in [1.807, 2.05) is 12.1 Å². The summed E-state index contributed by atoms with van der Waals surface area (Å²) < 4.78 is 0. The lowest BCUT2D eigenvalue weighted by atomic mass is 10.2. The highest BCUT2D eigenvalue weighted by Gasteiger charge is 2.07. The van der Waals surface area contributed by atoms with Crippen molar-refractivity contribution in [2.75, 3.05) is 5.32 Å². The first-order chi connectivity index (χ1) is 10.2. The van der Waals surface area contributed by atoms with Crippen LogP contribution < -0.4 is 5.32 Å². The Labute approximate surface area is 131 Å². The van der Waals surface area contributed by atoms with Gasteiger partial charge in [-0.2, -0.15) is 5.10 Å². The van der Waals surface area contributed by atoms with Crippen LogP contribution in [0.2, 0.25) is 10.2 Å². The lowest BCUT2D eigenvalue weighted by Gasteiger charge is -2.07. The molecular formula is C14H9Cl2N5. The molecule has 0 unspecified atom stereocenters. The minimum absolute atomic E-state index is 0.296. The van der Waals surface area contributed by atoms with Gasteiger partial charge in [0.2, 0.25) is 5.95 Å². The minimum atomic E-state index is 0.296. The van der Waals surface area contributed by atoms with Gasteiger partial charge in [-0.15, -0.1) is 5.10 Å². The van der Waals surface area contributed by atoms with Crippen molar-refractivity contribution < 1.29 is 0 Å². The highest BCUT2D eigenvalue weighted by molar-refractivity contribution is 6.32. The third-order valence-electron chi connectivity index (χ3n) is 2.69. The second-order valence-corrected chi connectivity index (χ2v) is 4.93. The Morgan fingerprint density at radius 1 is 1.00 bits per heavy atom. The summed E-state index contributed by atoms with van der Waals surface area (Å²) in [4.78, 5) is 8.59. The van der Waals surface area contributed by atoms with Gasteiger partial charge in [-0.25, -0.2) is 9.97 Å². The maximum Gasteiger partial charge on any atom is 0.227 e. The fourth-order valence-electron chi connectivity index (χ4n) is 1.77. The monoisotopic (exact) mass is 317 g/mol. The van der Waals surface area contributed by atoms with Crippen molar-refractivity contribution in [3.63, 3.8) is 0 Å². The normalized spacial score (nSPS) is 10.4. The molecule has 0 spiro atoms. The van der Waals surface area contributed by atoms with E-state index in [2.05, 4.69) is 25.5 Å². The molecule has 3 rings (SSSR count). The second kappa shape index (κ2) is 6.03. The van der Waals surface area contributed by atoms with Crippen LogP contribution in [-0.2, 0) is 0 Å². The Kier molecular flexibility index (Phi) is 3.94. The van der Waals surface area contributed by atoms with Crippen molar-refractivity contribution in [1.29, 1.82) is 0 Å². The van der Waals surface area contributed by atoms with E-state index in [0.29, 0.717) is 27.4 Å². The van der Waals surface area contributed by atoms with E-state index in [0.717, 1.165) is 5.69 Å². The van der Waals surface area contributed by atoms with Crippen LogP contribution >= 0.6 is 23.2 Å². The van der Waals surface area contributed by atoms with E-state index in [4.69, 9.17) is 23.2 Å². The number of rotatable bonds is 3. The number of hydrogen-bond acceptors (Lipinski definition) is 5. The third-order valence-corrected chi connectivity index (χ3v) is 3.20. The van der Waals surface area contributed by atoms with Gasteiger partial charge in [0.15, 0.2) is 5.15 Å². The van der Waals surface area contributed by atoms with Crippen LogP contribution in [0, 0.1) is 0 Å². The lowest BCUT2D eigenvalue weighted by molar-refractivity contribution is 1.03. The Balaban J connectivity index is 1.92. The van der Waals surface area contributed by atoms with Gasteiger partial charge in [-0.05, 0) is 30.3 Å². The Morgan fingerprint density at radius 3 is 2.71 bits per heavy atom. The highest BCUT2D eigenvalue weighted by atomic mass is 35.5. The fraction of sp³-hybridized carbons (Fsp3) is 0. The van der Waals surface area contributed by atoms with Crippen LogP contribution in [0.25, 0.3) is 11.3 Å². The summed E-state index contributed by atoms with van der Waals surface area (Å²) >= 11 is 12.0. The summed E-state index contributed by atoms with van der Waals surface area (Å²) in [6.45, 7) is 0. The molecule has 104 valence electrons. The Morgan fingerprint density at radius 2 is 1.90 bits per heavy atom. The number of benzene rings is 1. The second-order valence-electron chi connectivity index (χ2n) is 4.14. The van der Waals surface area contributed by atoms with Crippen molar-refractivity contribution in [3.05, 3.63) is 59.0 Å². The summed E-state index contributed by atoms with van der Waals surface area (Å²) in [5.41, 5.74) is 2.16. The van der Waals surface area contributed by atoms with Gasteiger partial charge < -0.3 is 5.32 Å². The van der Waals surface area contributed by atoms with Crippen LogP contribution in [-0.4, -0.2) is 20.2 Å². The lowest BCUT2D eigenvalue weighted by Crippen LogP contribution is -1.98. The molecule has 0 aliphatic heterocycles. The Bertz CT molecular complexity index is 779. The summed E-state index contributed by atoms with van der Waals surface area (Å²) in [5.74, 6) is 0.447. The van der Waals surface area contributed by atoms with E-state index in [1.54, 1.807) is 36.7 Å². The molecule has 2 heterocycles. The summed E-state index contributed by atoms with van der Waals surface area (Å²) in [5, 5.41) is 11.5. The first kappa shape index (κ1) is 13.7. The van der Waals surface area contributed by atoms with Crippen LogP contribution in [0.15, 0.2) is 48.8 Å². The van der Waals surface area contributed by atoms with Crippen molar-refractivity contribution >= 4 is 34.8 Å². The van der Waals surface area contributed by atoms with Gasteiger partial charge >= 0.3 is 0 Å². The average Bonchev–Trinajstić information content (AvgIpc) is 2.48. The van der Waals surface area contributed by atoms with E-state index in [1.165, 1.54) is 0 Å². The smallest absolute Gasteiger partial charge is 0.227 e. The zero-order valence-corrected chi connectivity index (χ0v) is 12.2. The molecule has 0 amide bonds. The number of nitrogens with one attached hydrogen (secondary N) is 1. The molecule has 0 aliphatic carbocycles. The molecule has 0 fully saturated rings. The molecule has 1 aromatic carbocycles. The maximum atomic E-state index is 6.02. The van der Waals surface area contributed by atoms with Crippen LogP contribution in [0.4, 0.5) is 11.6 Å². The van der Waals surface area contributed by atoms with Crippen molar-refractivity contribution in [3.8, 4) is 11.3 Å². The predicted octanol–water partition coefficient (Wildman–Crippen LogP) is 3.98. The van der Waals surface area contributed by atoms with Gasteiger partial charge in [-0.1, -0.05) is 29.3 Å².